The molecule has 0 aliphatic rings. The van der Waals surface area contributed by atoms with Crippen molar-refractivity contribution in [2.45, 2.75) is 0 Å². The van der Waals surface area contributed by atoms with Gasteiger partial charge in [0, 0.05) is 15.4 Å². The minimum Gasteiger partial charge on any atom is -0.465 e. The van der Waals surface area contributed by atoms with Gasteiger partial charge in [0.1, 0.15) is 11.3 Å². The normalized spacial score (nSPS) is 10.7. The molecule has 1 heterocycles. The number of para-hydroxylation sites is 1. The number of fused-ring (bicyclic) bond motifs is 1. The molecule has 0 fully saturated rings. The van der Waals surface area contributed by atoms with Crippen LogP contribution < -0.4 is 0 Å². The Kier molecular flexibility index (Phi) is 3.32. The lowest BCUT2D eigenvalue weighted by molar-refractivity contribution is 0.0601. The van der Waals surface area contributed by atoms with Gasteiger partial charge in [-0.2, -0.15) is 0 Å². The SMILES string of the molecule is COC(=O)c1cc(Br)ccc1-c1cc2ccccc2o1. The number of ether oxygens (including phenoxy) is 1. The second-order valence-corrected chi connectivity index (χ2v) is 5.25. The van der Waals surface area contributed by atoms with Crippen LogP contribution in [0.25, 0.3) is 22.3 Å². The van der Waals surface area contributed by atoms with Crippen LogP contribution in [0.3, 0.4) is 0 Å². The second-order valence-electron chi connectivity index (χ2n) is 4.33. The molecule has 0 bridgehead atoms. The summed E-state index contributed by atoms with van der Waals surface area (Å²) in [5.41, 5.74) is 1.98. The van der Waals surface area contributed by atoms with E-state index in [2.05, 4.69) is 15.9 Å². The van der Waals surface area contributed by atoms with Crippen molar-refractivity contribution in [3.05, 3.63) is 58.6 Å². The maximum Gasteiger partial charge on any atom is 0.338 e. The number of methoxy groups -OCH3 is 1. The van der Waals surface area contributed by atoms with Gasteiger partial charge in [-0.3, -0.25) is 0 Å². The molecule has 0 spiro atoms. The van der Waals surface area contributed by atoms with Crippen LogP contribution in [0.1, 0.15) is 10.4 Å². The van der Waals surface area contributed by atoms with Crippen molar-refractivity contribution in [1.29, 1.82) is 0 Å². The molecule has 3 nitrogen and oxygen atoms in total. The van der Waals surface area contributed by atoms with E-state index in [9.17, 15) is 4.79 Å². The van der Waals surface area contributed by atoms with Gasteiger partial charge in [0.05, 0.1) is 12.7 Å². The summed E-state index contributed by atoms with van der Waals surface area (Å²) in [6.45, 7) is 0. The van der Waals surface area contributed by atoms with Crippen molar-refractivity contribution in [2.75, 3.05) is 7.11 Å². The van der Waals surface area contributed by atoms with Crippen LogP contribution in [0, 0.1) is 0 Å². The third-order valence-corrected chi connectivity index (χ3v) is 3.57. The van der Waals surface area contributed by atoms with E-state index < -0.39 is 0 Å². The maximum absolute atomic E-state index is 11.9. The van der Waals surface area contributed by atoms with Crippen LogP contribution in [0.15, 0.2) is 57.4 Å². The molecule has 0 unspecified atom stereocenters. The smallest absolute Gasteiger partial charge is 0.338 e. The highest BCUT2D eigenvalue weighted by Gasteiger charge is 2.16. The first-order valence-electron chi connectivity index (χ1n) is 6.06. The summed E-state index contributed by atoms with van der Waals surface area (Å²) in [4.78, 5) is 11.9. The van der Waals surface area contributed by atoms with Gasteiger partial charge in [-0.05, 0) is 30.3 Å². The Bertz CT molecular complexity index is 756. The van der Waals surface area contributed by atoms with Gasteiger partial charge in [0.25, 0.3) is 0 Å². The van der Waals surface area contributed by atoms with Crippen molar-refractivity contribution >= 4 is 32.9 Å². The van der Waals surface area contributed by atoms with Crippen LogP contribution >= 0.6 is 15.9 Å². The van der Waals surface area contributed by atoms with E-state index in [0.717, 1.165) is 21.0 Å². The van der Waals surface area contributed by atoms with Crippen molar-refractivity contribution < 1.29 is 13.9 Å². The quantitative estimate of drug-likeness (QED) is 0.642. The average Bonchev–Trinajstić information content (AvgIpc) is 2.90. The summed E-state index contributed by atoms with van der Waals surface area (Å²) >= 11 is 3.36. The number of furan rings is 1. The van der Waals surface area contributed by atoms with E-state index in [1.54, 1.807) is 6.07 Å². The van der Waals surface area contributed by atoms with Crippen LogP contribution in [0.5, 0.6) is 0 Å². The monoisotopic (exact) mass is 330 g/mol. The minimum atomic E-state index is -0.387. The van der Waals surface area contributed by atoms with E-state index in [0.29, 0.717) is 11.3 Å². The summed E-state index contributed by atoms with van der Waals surface area (Å²) in [6, 6.07) is 15.1. The molecule has 0 aliphatic heterocycles. The van der Waals surface area contributed by atoms with Crippen molar-refractivity contribution in [2.24, 2.45) is 0 Å². The summed E-state index contributed by atoms with van der Waals surface area (Å²) < 4.78 is 11.4. The molecular formula is C16H11BrO3. The van der Waals surface area contributed by atoms with Crippen LogP contribution in [0.2, 0.25) is 0 Å². The third-order valence-electron chi connectivity index (χ3n) is 3.08. The highest BCUT2D eigenvalue weighted by atomic mass is 79.9. The maximum atomic E-state index is 11.9. The van der Waals surface area contributed by atoms with Crippen LogP contribution in [0.4, 0.5) is 0 Å². The number of hydrogen-bond acceptors (Lipinski definition) is 3. The lowest BCUT2D eigenvalue weighted by Gasteiger charge is -2.06. The van der Waals surface area contributed by atoms with E-state index in [1.165, 1.54) is 7.11 Å². The van der Waals surface area contributed by atoms with Crippen molar-refractivity contribution in [1.82, 2.24) is 0 Å². The zero-order valence-corrected chi connectivity index (χ0v) is 12.3. The minimum absolute atomic E-state index is 0.387. The Morgan fingerprint density at radius 3 is 2.70 bits per heavy atom. The van der Waals surface area contributed by atoms with Crippen LogP contribution in [-0.4, -0.2) is 13.1 Å². The largest absolute Gasteiger partial charge is 0.465 e. The van der Waals surface area contributed by atoms with E-state index >= 15 is 0 Å². The molecule has 0 atom stereocenters. The summed E-state index contributed by atoms with van der Waals surface area (Å²) in [6.07, 6.45) is 0. The standard InChI is InChI=1S/C16H11BrO3/c1-19-16(18)13-9-11(17)6-7-12(13)15-8-10-4-2-3-5-14(10)20-15/h2-9H,1H3. The lowest BCUT2D eigenvalue weighted by Crippen LogP contribution is -2.03. The fourth-order valence-corrected chi connectivity index (χ4v) is 2.49. The molecule has 0 saturated carbocycles. The molecule has 0 aliphatic carbocycles. The van der Waals surface area contributed by atoms with E-state index in [-0.39, 0.29) is 5.97 Å². The predicted molar refractivity (Wildman–Crippen MR) is 80.7 cm³/mol. The Labute approximate surface area is 124 Å². The van der Waals surface area contributed by atoms with Crippen molar-refractivity contribution in [3.63, 3.8) is 0 Å². The number of carbonyl (C=O) groups is 1. The fraction of sp³-hybridized carbons (Fsp3) is 0.0625. The van der Waals surface area contributed by atoms with E-state index in [1.807, 2.05) is 42.5 Å². The molecule has 0 saturated heterocycles. The summed E-state index contributed by atoms with van der Waals surface area (Å²) in [7, 11) is 1.37. The molecule has 1 aromatic heterocycles. The van der Waals surface area contributed by atoms with Gasteiger partial charge in [0.2, 0.25) is 0 Å². The van der Waals surface area contributed by atoms with Gasteiger partial charge >= 0.3 is 5.97 Å². The number of esters is 1. The Morgan fingerprint density at radius 1 is 1.15 bits per heavy atom. The van der Waals surface area contributed by atoms with Gasteiger partial charge in [0.15, 0.2) is 0 Å². The lowest BCUT2D eigenvalue weighted by atomic mass is 10.1. The fourth-order valence-electron chi connectivity index (χ4n) is 2.12. The van der Waals surface area contributed by atoms with Gasteiger partial charge < -0.3 is 9.15 Å². The molecule has 4 heteroatoms. The Balaban J connectivity index is 2.20. The Morgan fingerprint density at radius 2 is 1.95 bits per heavy atom. The van der Waals surface area contributed by atoms with E-state index in [4.69, 9.17) is 9.15 Å². The molecule has 3 rings (SSSR count). The molecular weight excluding hydrogens is 320 g/mol. The number of halogens is 1. The average molecular weight is 331 g/mol. The van der Waals surface area contributed by atoms with Gasteiger partial charge in [-0.1, -0.05) is 34.1 Å². The zero-order valence-electron chi connectivity index (χ0n) is 10.7. The molecule has 3 aromatic rings. The predicted octanol–water partition coefficient (Wildman–Crippen LogP) is 4.65. The molecule has 0 amide bonds. The molecule has 2 aromatic carbocycles. The van der Waals surface area contributed by atoms with Crippen molar-refractivity contribution in [3.8, 4) is 11.3 Å². The topological polar surface area (TPSA) is 39.4 Å². The first-order valence-corrected chi connectivity index (χ1v) is 6.85. The highest BCUT2D eigenvalue weighted by Crippen LogP contribution is 2.31. The number of benzene rings is 2. The number of carbonyl (C=O) groups excluding carboxylic acids is 1. The highest BCUT2D eigenvalue weighted by molar-refractivity contribution is 9.10. The summed E-state index contributed by atoms with van der Waals surface area (Å²) in [5.74, 6) is 0.265. The second kappa shape index (κ2) is 5.13. The first kappa shape index (κ1) is 12.9. The first-order chi connectivity index (χ1) is 9.69. The summed E-state index contributed by atoms with van der Waals surface area (Å²) in [5, 5.41) is 1.00. The number of rotatable bonds is 2. The molecule has 100 valence electrons. The number of hydrogen-bond donors (Lipinski definition) is 0. The van der Waals surface area contributed by atoms with Gasteiger partial charge in [-0.15, -0.1) is 0 Å². The van der Waals surface area contributed by atoms with Crippen LogP contribution in [-0.2, 0) is 4.74 Å². The van der Waals surface area contributed by atoms with Gasteiger partial charge in [-0.25, -0.2) is 4.79 Å². The third kappa shape index (κ3) is 2.23. The molecule has 0 radical (unpaired) electrons. The molecule has 0 N–H and O–H groups in total. The Hall–Kier alpha value is -2.07. The zero-order chi connectivity index (χ0) is 14.1. The molecule has 20 heavy (non-hydrogen) atoms.